The summed E-state index contributed by atoms with van der Waals surface area (Å²) in [5.74, 6) is 1.36. The minimum atomic E-state index is -0.800. The molecule has 1 unspecified atom stereocenters. The van der Waals surface area contributed by atoms with Gasteiger partial charge in [-0.3, -0.25) is 0 Å². The third-order valence-electron chi connectivity index (χ3n) is 1.85. The molecule has 80 valence electrons. The summed E-state index contributed by atoms with van der Waals surface area (Å²) in [6.45, 7) is 1.72. The molecule has 3 nitrogen and oxygen atoms in total. The Hall–Kier alpha value is -1.18. The zero-order valence-electron chi connectivity index (χ0n) is 8.86. The van der Waals surface area contributed by atoms with Crippen molar-refractivity contribution in [2.45, 2.75) is 17.4 Å². The van der Waals surface area contributed by atoms with Crippen LogP contribution in [-0.4, -0.2) is 18.4 Å². The monoisotopic (exact) mass is 222 g/mol. The number of nitrogens with zero attached hydrogens (tertiary/aromatic N) is 1. The number of hydrogen-bond acceptors (Lipinski definition) is 4. The summed E-state index contributed by atoms with van der Waals surface area (Å²) in [6, 6.07) is 9.76. The van der Waals surface area contributed by atoms with Gasteiger partial charge in [0, 0.05) is 10.6 Å². The van der Waals surface area contributed by atoms with Crippen LogP contribution in [0, 0.1) is 11.3 Å². The molecule has 1 rings (SSSR count). The molecule has 4 heteroatoms. The van der Waals surface area contributed by atoms with Crippen LogP contribution in [0.15, 0.2) is 29.2 Å². The summed E-state index contributed by atoms with van der Waals surface area (Å²) in [7, 11) is 1.63. The third-order valence-corrected chi connectivity index (χ3v) is 3.24. The van der Waals surface area contributed by atoms with Crippen LogP contribution in [0.1, 0.15) is 6.92 Å². The highest BCUT2D eigenvalue weighted by Crippen LogP contribution is 2.30. The number of nitrogens with two attached hydrogens (primary N) is 1. The molecule has 1 aromatic rings. The second kappa shape index (κ2) is 5.06. The number of ether oxygens (including phenoxy) is 1. The van der Waals surface area contributed by atoms with Gasteiger partial charge in [0.2, 0.25) is 0 Å². The largest absolute Gasteiger partial charge is 0.496 e. The molecule has 0 radical (unpaired) electrons. The molecule has 2 N–H and O–H groups in total. The van der Waals surface area contributed by atoms with E-state index in [1.165, 1.54) is 11.8 Å². The maximum absolute atomic E-state index is 8.78. The fourth-order valence-electron chi connectivity index (χ4n) is 0.998. The van der Waals surface area contributed by atoms with Crippen molar-refractivity contribution in [2.75, 3.05) is 12.9 Å². The van der Waals surface area contributed by atoms with E-state index in [4.69, 9.17) is 15.7 Å². The van der Waals surface area contributed by atoms with E-state index in [2.05, 4.69) is 6.07 Å². The number of hydrogen-bond donors (Lipinski definition) is 1. The molecule has 0 saturated heterocycles. The molecule has 0 bridgehead atoms. The Kier molecular flexibility index (Phi) is 4.01. The van der Waals surface area contributed by atoms with E-state index < -0.39 is 5.54 Å². The van der Waals surface area contributed by atoms with E-state index in [0.29, 0.717) is 5.75 Å². The standard InChI is InChI=1S/C11H14N2OS/c1-11(13,7-12)8-15-10-6-4-3-5-9(10)14-2/h3-6H,8,13H2,1-2H3. The van der Waals surface area contributed by atoms with E-state index in [0.717, 1.165) is 10.6 Å². The molecular weight excluding hydrogens is 208 g/mol. The van der Waals surface area contributed by atoms with E-state index in [1.807, 2.05) is 24.3 Å². The van der Waals surface area contributed by atoms with Crippen LogP contribution < -0.4 is 10.5 Å². The van der Waals surface area contributed by atoms with Crippen molar-refractivity contribution in [3.8, 4) is 11.8 Å². The van der Waals surface area contributed by atoms with Crippen LogP contribution >= 0.6 is 11.8 Å². The Labute approximate surface area is 94.2 Å². The van der Waals surface area contributed by atoms with Gasteiger partial charge in [0.1, 0.15) is 11.3 Å². The summed E-state index contributed by atoms with van der Waals surface area (Å²) in [4.78, 5) is 1.01. The van der Waals surface area contributed by atoms with E-state index in [9.17, 15) is 0 Å². The van der Waals surface area contributed by atoms with Gasteiger partial charge in [-0.25, -0.2) is 0 Å². The average molecular weight is 222 g/mol. The molecule has 0 saturated carbocycles. The summed E-state index contributed by atoms with van der Waals surface area (Å²) < 4.78 is 5.20. The molecule has 1 aromatic carbocycles. The lowest BCUT2D eigenvalue weighted by Gasteiger charge is -2.15. The van der Waals surface area contributed by atoms with Gasteiger partial charge in [-0.05, 0) is 19.1 Å². The first-order chi connectivity index (χ1) is 7.09. The van der Waals surface area contributed by atoms with Gasteiger partial charge in [-0.2, -0.15) is 5.26 Å². The van der Waals surface area contributed by atoms with Crippen molar-refractivity contribution in [1.82, 2.24) is 0 Å². The minimum absolute atomic E-state index is 0.546. The Morgan fingerprint density at radius 2 is 2.20 bits per heavy atom. The second-order valence-electron chi connectivity index (χ2n) is 3.47. The second-order valence-corrected chi connectivity index (χ2v) is 4.49. The fourth-order valence-corrected chi connectivity index (χ4v) is 1.99. The first kappa shape index (κ1) is 11.9. The zero-order valence-corrected chi connectivity index (χ0v) is 9.67. The van der Waals surface area contributed by atoms with Gasteiger partial charge in [0.15, 0.2) is 0 Å². The molecule has 0 fully saturated rings. The first-order valence-electron chi connectivity index (χ1n) is 4.55. The summed E-state index contributed by atoms with van der Waals surface area (Å²) in [5, 5.41) is 8.78. The van der Waals surface area contributed by atoms with Crippen LogP contribution in [0.3, 0.4) is 0 Å². The Balaban J connectivity index is 2.70. The van der Waals surface area contributed by atoms with Gasteiger partial charge in [-0.15, -0.1) is 11.8 Å². The van der Waals surface area contributed by atoms with Crippen molar-refractivity contribution in [3.63, 3.8) is 0 Å². The fraction of sp³-hybridized carbons (Fsp3) is 0.364. The zero-order chi connectivity index (χ0) is 11.3. The normalized spacial score (nSPS) is 14.0. The van der Waals surface area contributed by atoms with Crippen LogP contribution in [-0.2, 0) is 0 Å². The maximum atomic E-state index is 8.78. The number of rotatable bonds is 4. The smallest absolute Gasteiger partial charge is 0.132 e. The predicted octanol–water partition coefficient (Wildman–Crippen LogP) is 2.03. The highest BCUT2D eigenvalue weighted by molar-refractivity contribution is 7.99. The summed E-state index contributed by atoms with van der Waals surface area (Å²) in [5.41, 5.74) is 4.93. The van der Waals surface area contributed by atoms with Gasteiger partial charge >= 0.3 is 0 Å². The topological polar surface area (TPSA) is 59.0 Å². The van der Waals surface area contributed by atoms with E-state index in [-0.39, 0.29) is 0 Å². The van der Waals surface area contributed by atoms with Crippen LogP contribution in [0.4, 0.5) is 0 Å². The van der Waals surface area contributed by atoms with Crippen molar-refractivity contribution in [2.24, 2.45) is 5.73 Å². The lowest BCUT2D eigenvalue weighted by atomic mass is 10.1. The Morgan fingerprint density at radius 1 is 1.53 bits per heavy atom. The number of thioether (sulfide) groups is 1. The van der Waals surface area contributed by atoms with Crippen LogP contribution in [0.25, 0.3) is 0 Å². The van der Waals surface area contributed by atoms with Crippen LogP contribution in [0.5, 0.6) is 5.75 Å². The molecule has 0 amide bonds. The minimum Gasteiger partial charge on any atom is -0.496 e. The summed E-state index contributed by atoms with van der Waals surface area (Å²) >= 11 is 1.53. The quantitative estimate of drug-likeness (QED) is 0.792. The van der Waals surface area contributed by atoms with Gasteiger partial charge in [0.05, 0.1) is 13.2 Å². The highest BCUT2D eigenvalue weighted by Gasteiger charge is 2.18. The van der Waals surface area contributed by atoms with E-state index >= 15 is 0 Å². The number of benzene rings is 1. The van der Waals surface area contributed by atoms with Crippen molar-refractivity contribution < 1.29 is 4.74 Å². The van der Waals surface area contributed by atoms with E-state index in [1.54, 1.807) is 14.0 Å². The van der Waals surface area contributed by atoms with Gasteiger partial charge in [-0.1, -0.05) is 12.1 Å². The predicted molar refractivity (Wildman–Crippen MR) is 61.9 cm³/mol. The molecule has 0 aromatic heterocycles. The summed E-state index contributed by atoms with van der Waals surface area (Å²) in [6.07, 6.45) is 0. The molecule has 0 spiro atoms. The molecule has 0 aliphatic heterocycles. The molecular formula is C11H14N2OS. The Morgan fingerprint density at radius 3 is 2.80 bits per heavy atom. The SMILES string of the molecule is COc1ccccc1SCC(C)(N)C#N. The number of methoxy groups -OCH3 is 1. The molecule has 0 aliphatic carbocycles. The number of nitriles is 1. The lowest BCUT2D eigenvalue weighted by molar-refractivity contribution is 0.405. The number of para-hydroxylation sites is 1. The van der Waals surface area contributed by atoms with Gasteiger partial charge in [0.25, 0.3) is 0 Å². The lowest BCUT2D eigenvalue weighted by Crippen LogP contribution is -2.36. The highest BCUT2D eigenvalue weighted by atomic mass is 32.2. The molecule has 1 atom stereocenters. The van der Waals surface area contributed by atoms with Crippen LogP contribution in [0.2, 0.25) is 0 Å². The first-order valence-corrected chi connectivity index (χ1v) is 5.53. The van der Waals surface area contributed by atoms with Crippen molar-refractivity contribution in [1.29, 1.82) is 5.26 Å². The third kappa shape index (κ3) is 3.46. The Bertz CT molecular complexity index is 371. The molecule has 0 aliphatic rings. The average Bonchev–Trinajstić information content (AvgIpc) is 2.27. The molecule has 0 heterocycles. The van der Waals surface area contributed by atoms with Crippen molar-refractivity contribution >= 4 is 11.8 Å². The molecule has 15 heavy (non-hydrogen) atoms. The maximum Gasteiger partial charge on any atom is 0.132 e. The van der Waals surface area contributed by atoms with Crippen molar-refractivity contribution in [3.05, 3.63) is 24.3 Å². The van der Waals surface area contributed by atoms with Gasteiger partial charge < -0.3 is 10.5 Å².